The maximum atomic E-state index is 12.4. The van der Waals surface area contributed by atoms with Gasteiger partial charge < -0.3 is 4.74 Å². The Hall–Kier alpha value is -0.0200. The zero-order chi connectivity index (χ0) is 12.5. The minimum absolute atomic E-state index is 0.142. The number of aryl methyl sites for hydroxylation is 1. The van der Waals surface area contributed by atoms with E-state index in [2.05, 4.69) is 20.9 Å². The quantitative estimate of drug-likeness (QED) is 0.776. The van der Waals surface area contributed by atoms with Crippen LogP contribution < -0.4 is 0 Å². The standard InChI is InChI=1S/C9H13BrN2O3S2/c1-7-11-5-9(16-7)17(13,14)12-2-3-15-6-8(12)4-10/h5,8H,2-4,6H2,1H3. The molecule has 0 saturated carbocycles. The van der Waals surface area contributed by atoms with E-state index in [1.165, 1.54) is 21.8 Å². The molecule has 0 bridgehead atoms. The Bertz CT molecular complexity index is 488. The predicted octanol–water partition coefficient (Wildman–Crippen LogP) is 1.24. The van der Waals surface area contributed by atoms with Gasteiger partial charge in [0.25, 0.3) is 10.0 Å². The van der Waals surface area contributed by atoms with E-state index < -0.39 is 10.0 Å². The van der Waals surface area contributed by atoms with Crippen LogP contribution in [0.15, 0.2) is 10.4 Å². The molecule has 0 aromatic carbocycles. The molecule has 1 aromatic rings. The van der Waals surface area contributed by atoms with Crippen molar-refractivity contribution in [2.24, 2.45) is 0 Å². The van der Waals surface area contributed by atoms with Crippen LogP contribution in [-0.4, -0.2) is 48.8 Å². The molecule has 0 radical (unpaired) electrons. The molecule has 0 aliphatic carbocycles. The summed E-state index contributed by atoms with van der Waals surface area (Å²) < 4.78 is 31.9. The van der Waals surface area contributed by atoms with Gasteiger partial charge in [-0.15, -0.1) is 11.3 Å². The van der Waals surface area contributed by atoms with Crippen LogP contribution >= 0.6 is 27.3 Å². The fourth-order valence-corrected chi connectivity index (χ4v) is 5.21. The molecule has 0 N–H and O–H groups in total. The first-order valence-corrected chi connectivity index (χ1v) is 8.51. The summed E-state index contributed by atoms with van der Waals surface area (Å²) in [7, 11) is -3.42. The van der Waals surface area contributed by atoms with Crippen molar-refractivity contribution in [1.82, 2.24) is 9.29 Å². The number of thiazole rings is 1. The van der Waals surface area contributed by atoms with E-state index in [1.807, 2.05) is 0 Å². The maximum Gasteiger partial charge on any atom is 0.254 e. The number of alkyl halides is 1. The third-order valence-electron chi connectivity index (χ3n) is 2.51. The van der Waals surface area contributed by atoms with Crippen molar-refractivity contribution in [3.8, 4) is 0 Å². The first-order chi connectivity index (χ1) is 8.05. The lowest BCUT2D eigenvalue weighted by Crippen LogP contribution is -2.49. The van der Waals surface area contributed by atoms with Crippen LogP contribution in [0.5, 0.6) is 0 Å². The molecule has 1 atom stereocenters. The van der Waals surface area contributed by atoms with Crippen molar-refractivity contribution in [2.45, 2.75) is 17.2 Å². The summed E-state index contributed by atoms with van der Waals surface area (Å²) in [5, 5.41) is 1.33. The smallest absolute Gasteiger partial charge is 0.254 e. The van der Waals surface area contributed by atoms with E-state index in [1.54, 1.807) is 6.92 Å². The van der Waals surface area contributed by atoms with Crippen molar-refractivity contribution < 1.29 is 13.2 Å². The second-order valence-corrected chi connectivity index (χ2v) is 7.70. The fraction of sp³-hybridized carbons (Fsp3) is 0.667. The van der Waals surface area contributed by atoms with Gasteiger partial charge in [-0.3, -0.25) is 0 Å². The van der Waals surface area contributed by atoms with Gasteiger partial charge in [0.05, 0.1) is 30.5 Å². The SMILES string of the molecule is Cc1ncc(S(=O)(=O)N2CCOCC2CBr)s1. The number of sulfonamides is 1. The van der Waals surface area contributed by atoms with Gasteiger partial charge in [-0.1, -0.05) is 15.9 Å². The molecule has 2 rings (SSSR count). The second-order valence-electron chi connectivity index (χ2n) is 3.70. The van der Waals surface area contributed by atoms with Crippen molar-refractivity contribution in [3.05, 3.63) is 11.2 Å². The topological polar surface area (TPSA) is 59.5 Å². The summed E-state index contributed by atoms with van der Waals surface area (Å²) in [4.78, 5) is 4.00. The van der Waals surface area contributed by atoms with Crippen LogP contribution in [0.4, 0.5) is 0 Å². The van der Waals surface area contributed by atoms with Gasteiger partial charge >= 0.3 is 0 Å². The molecule has 0 amide bonds. The van der Waals surface area contributed by atoms with E-state index in [9.17, 15) is 8.42 Å². The molecule has 1 aliphatic rings. The first kappa shape index (κ1) is 13.4. The van der Waals surface area contributed by atoms with Gasteiger partial charge in [0.15, 0.2) is 4.21 Å². The average molecular weight is 341 g/mol. The lowest BCUT2D eigenvalue weighted by Gasteiger charge is -2.32. The number of ether oxygens (including phenoxy) is 1. The van der Waals surface area contributed by atoms with Gasteiger partial charge in [0.1, 0.15) is 0 Å². The molecular formula is C9H13BrN2O3S2. The van der Waals surface area contributed by atoms with Crippen LogP contribution in [0.25, 0.3) is 0 Å². The molecule has 1 aromatic heterocycles. The van der Waals surface area contributed by atoms with Gasteiger partial charge in [0, 0.05) is 11.9 Å². The van der Waals surface area contributed by atoms with Crippen LogP contribution in [0.2, 0.25) is 0 Å². The Kier molecular flexibility index (Phi) is 4.19. The summed E-state index contributed by atoms with van der Waals surface area (Å²) in [5.74, 6) is 0. The highest BCUT2D eigenvalue weighted by atomic mass is 79.9. The number of halogens is 1. The van der Waals surface area contributed by atoms with Gasteiger partial charge in [0.2, 0.25) is 0 Å². The molecule has 1 aliphatic heterocycles. The van der Waals surface area contributed by atoms with Crippen LogP contribution in [-0.2, 0) is 14.8 Å². The number of rotatable bonds is 3. The summed E-state index contributed by atoms with van der Waals surface area (Å²) in [6.45, 7) is 3.07. The highest BCUT2D eigenvalue weighted by Gasteiger charge is 2.34. The monoisotopic (exact) mass is 340 g/mol. The van der Waals surface area contributed by atoms with E-state index in [0.29, 0.717) is 29.3 Å². The highest BCUT2D eigenvalue weighted by Crippen LogP contribution is 2.25. The minimum atomic E-state index is -3.42. The second kappa shape index (κ2) is 5.31. The Labute approximate surface area is 113 Å². The minimum Gasteiger partial charge on any atom is -0.378 e. The Morgan fingerprint density at radius 1 is 1.71 bits per heavy atom. The Morgan fingerprint density at radius 3 is 3.06 bits per heavy atom. The largest absolute Gasteiger partial charge is 0.378 e. The molecule has 96 valence electrons. The molecule has 17 heavy (non-hydrogen) atoms. The number of nitrogens with zero attached hydrogens (tertiary/aromatic N) is 2. The first-order valence-electron chi connectivity index (χ1n) is 5.13. The van der Waals surface area contributed by atoms with Gasteiger partial charge in [-0.25, -0.2) is 13.4 Å². The van der Waals surface area contributed by atoms with Crippen molar-refractivity contribution in [3.63, 3.8) is 0 Å². The number of morpholine rings is 1. The van der Waals surface area contributed by atoms with Gasteiger partial charge in [-0.05, 0) is 6.92 Å². The van der Waals surface area contributed by atoms with Crippen molar-refractivity contribution in [1.29, 1.82) is 0 Å². The Morgan fingerprint density at radius 2 is 2.47 bits per heavy atom. The zero-order valence-corrected chi connectivity index (χ0v) is 12.5. The summed E-state index contributed by atoms with van der Waals surface area (Å²) in [5.41, 5.74) is 0. The summed E-state index contributed by atoms with van der Waals surface area (Å²) in [6.07, 6.45) is 1.43. The number of aromatic nitrogens is 1. The lowest BCUT2D eigenvalue weighted by atomic mass is 10.3. The zero-order valence-electron chi connectivity index (χ0n) is 9.30. The predicted molar refractivity (Wildman–Crippen MR) is 69.1 cm³/mol. The Balaban J connectivity index is 2.30. The van der Waals surface area contributed by atoms with Crippen LogP contribution in [0.1, 0.15) is 5.01 Å². The summed E-state index contributed by atoms with van der Waals surface area (Å²) >= 11 is 4.53. The molecule has 5 nitrogen and oxygen atoms in total. The van der Waals surface area contributed by atoms with Crippen molar-refractivity contribution in [2.75, 3.05) is 25.1 Å². The van der Waals surface area contributed by atoms with Crippen LogP contribution in [0.3, 0.4) is 0 Å². The normalized spacial score (nSPS) is 22.8. The molecule has 8 heteroatoms. The third kappa shape index (κ3) is 2.70. The van der Waals surface area contributed by atoms with E-state index in [4.69, 9.17) is 4.74 Å². The van der Waals surface area contributed by atoms with Gasteiger partial charge in [-0.2, -0.15) is 4.31 Å². The van der Waals surface area contributed by atoms with E-state index in [0.717, 1.165) is 5.01 Å². The molecular weight excluding hydrogens is 328 g/mol. The van der Waals surface area contributed by atoms with Crippen LogP contribution in [0, 0.1) is 6.92 Å². The number of hydrogen-bond acceptors (Lipinski definition) is 5. The third-order valence-corrected chi connectivity index (χ3v) is 6.56. The molecule has 1 saturated heterocycles. The molecule has 1 fully saturated rings. The molecule has 0 spiro atoms. The lowest BCUT2D eigenvalue weighted by molar-refractivity contribution is 0.0414. The average Bonchev–Trinajstić information content (AvgIpc) is 2.76. The highest BCUT2D eigenvalue weighted by molar-refractivity contribution is 9.09. The molecule has 1 unspecified atom stereocenters. The molecule has 2 heterocycles. The maximum absolute atomic E-state index is 12.4. The van der Waals surface area contributed by atoms with E-state index in [-0.39, 0.29) is 6.04 Å². The van der Waals surface area contributed by atoms with Crippen molar-refractivity contribution >= 4 is 37.3 Å². The summed E-state index contributed by atoms with van der Waals surface area (Å²) in [6, 6.07) is -0.142. The fourth-order valence-electron chi connectivity index (χ4n) is 1.65. The van der Waals surface area contributed by atoms with E-state index >= 15 is 0 Å². The number of hydrogen-bond donors (Lipinski definition) is 0.